The summed E-state index contributed by atoms with van der Waals surface area (Å²) in [6.45, 7) is 9.95. The lowest BCUT2D eigenvalue weighted by Crippen LogP contribution is -2.49. The van der Waals surface area contributed by atoms with Gasteiger partial charge in [0, 0.05) is 37.7 Å². The van der Waals surface area contributed by atoms with E-state index in [1.807, 2.05) is 47.6 Å². The lowest BCUT2D eigenvalue weighted by molar-refractivity contribution is 0.0222. The molecule has 3 amide bonds. The summed E-state index contributed by atoms with van der Waals surface area (Å²) >= 11 is 6.48. The fraction of sp³-hybridized carbons (Fsp3) is 0.652. The molecule has 7 nitrogen and oxygen atoms in total. The van der Waals surface area contributed by atoms with Crippen LogP contribution in [-0.2, 0) is 22.4 Å². The first-order valence-corrected chi connectivity index (χ1v) is 11.5. The SMILES string of the molecule is CC(C)(C)OC(=O)N1CCC[C@H]1c1cc(Cl)cc2c1CN(C(=O)N1CCOCC1)CC2. The first-order chi connectivity index (χ1) is 14.7. The Bertz CT molecular complexity index is 848. The van der Waals surface area contributed by atoms with Crippen LogP contribution in [0.15, 0.2) is 12.1 Å². The van der Waals surface area contributed by atoms with E-state index < -0.39 is 5.60 Å². The van der Waals surface area contributed by atoms with E-state index >= 15 is 0 Å². The van der Waals surface area contributed by atoms with Gasteiger partial charge >= 0.3 is 12.1 Å². The smallest absolute Gasteiger partial charge is 0.410 e. The molecule has 0 radical (unpaired) electrons. The van der Waals surface area contributed by atoms with Crippen LogP contribution >= 0.6 is 11.6 Å². The molecule has 3 aliphatic heterocycles. The van der Waals surface area contributed by atoms with Crippen LogP contribution in [-0.4, -0.2) is 71.8 Å². The van der Waals surface area contributed by atoms with Gasteiger partial charge in [0.05, 0.1) is 19.3 Å². The molecule has 0 saturated carbocycles. The van der Waals surface area contributed by atoms with Gasteiger partial charge in [0.25, 0.3) is 0 Å². The van der Waals surface area contributed by atoms with E-state index in [-0.39, 0.29) is 18.2 Å². The summed E-state index contributed by atoms with van der Waals surface area (Å²) in [6.07, 6.45) is 2.25. The molecule has 0 N–H and O–H groups in total. The maximum absolute atomic E-state index is 13.1. The minimum atomic E-state index is -0.542. The van der Waals surface area contributed by atoms with E-state index in [4.69, 9.17) is 21.1 Å². The van der Waals surface area contributed by atoms with Crippen molar-refractivity contribution >= 4 is 23.7 Å². The average molecular weight is 450 g/mol. The Morgan fingerprint density at radius 3 is 2.55 bits per heavy atom. The zero-order valence-corrected chi connectivity index (χ0v) is 19.4. The molecule has 8 heteroatoms. The molecule has 0 spiro atoms. The number of fused-ring (bicyclic) bond motifs is 1. The Balaban J connectivity index is 1.59. The van der Waals surface area contributed by atoms with E-state index in [2.05, 4.69) is 0 Å². The van der Waals surface area contributed by atoms with Crippen molar-refractivity contribution in [3.8, 4) is 0 Å². The Morgan fingerprint density at radius 2 is 1.84 bits per heavy atom. The molecular weight excluding hydrogens is 418 g/mol. The van der Waals surface area contributed by atoms with Gasteiger partial charge < -0.3 is 24.2 Å². The van der Waals surface area contributed by atoms with Crippen molar-refractivity contribution in [2.45, 2.75) is 58.2 Å². The number of benzene rings is 1. The van der Waals surface area contributed by atoms with Gasteiger partial charge in [-0.1, -0.05) is 11.6 Å². The van der Waals surface area contributed by atoms with Crippen molar-refractivity contribution in [3.05, 3.63) is 33.8 Å². The van der Waals surface area contributed by atoms with Crippen LogP contribution < -0.4 is 0 Å². The number of amides is 3. The molecule has 0 aromatic heterocycles. The van der Waals surface area contributed by atoms with Gasteiger partial charge in [-0.2, -0.15) is 0 Å². The fourth-order valence-corrected chi connectivity index (χ4v) is 4.95. The molecule has 3 heterocycles. The van der Waals surface area contributed by atoms with Crippen LogP contribution in [0.5, 0.6) is 0 Å². The zero-order valence-electron chi connectivity index (χ0n) is 18.7. The van der Waals surface area contributed by atoms with Crippen LogP contribution in [0.2, 0.25) is 5.02 Å². The Kier molecular flexibility index (Phi) is 6.35. The summed E-state index contributed by atoms with van der Waals surface area (Å²) in [6, 6.07) is 3.95. The normalized spacial score (nSPS) is 21.8. The molecule has 3 aliphatic rings. The van der Waals surface area contributed by atoms with Crippen molar-refractivity contribution in [3.63, 3.8) is 0 Å². The van der Waals surface area contributed by atoms with Gasteiger partial charge in [-0.05, 0) is 68.9 Å². The molecule has 170 valence electrons. The van der Waals surface area contributed by atoms with Crippen LogP contribution in [0.25, 0.3) is 0 Å². The number of ether oxygens (including phenoxy) is 2. The van der Waals surface area contributed by atoms with Crippen molar-refractivity contribution in [1.82, 2.24) is 14.7 Å². The number of halogens is 1. The summed E-state index contributed by atoms with van der Waals surface area (Å²) in [5.74, 6) is 0. The minimum absolute atomic E-state index is 0.0604. The monoisotopic (exact) mass is 449 g/mol. The Labute approximate surface area is 189 Å². The van der Waals surface area contributed by atoms with E-state index in [0.717, 1.165) is 30.4 Å². The third-order valence-corrected chi connectivity index (χ3v) is 6.35. The standard InChI is InChI=1S/C23H32ClN3O4/c1-23(2,3)31-22(29)27-7-4-5-20(27)18-14-17(24)13-16-6-8-26(15-19(16)18)21(28)25-9-11-30-12-10-25/h13-14,20H,4-12,15H2,1-3H3/t20-/m0/s1. The molecule has 1 aromatic rings. The Morgan fingerprint density at radius 1 is 1.10 bits per heavy atom. The van der Waals surface area contributed by atoms with Crippen LogP contribution in [0.4, 0.5) is 9.59 Å². The topological polar surface area (TPSA) is 62.3 Å². The highest BCUT2D eigenvalue weighted by atomic mass is 35.5. The Hall–Kier alpha value is -1.99. The first-order valence-electron chi connectivity index (χ1n) is 11.2. The van der Waals surface area contributed by atoms with Crippen molar-refractivity contribution in [2.75, 3.05) is 39.4 Å². The number of hydrogen-bond donors (Lipinski definition) is 0. The molecule has 31 heavy (non-hydrogen) atoms. The summed E-state index contributed by atoms with van der Waals surface area (Å²) in [4.78, 5) is 31.5. The van der Waals surface area contributed by atoms with Gasteiger partial charge in [0.15, 0.2) is 0 Å². The average Bonchev–Trinajstić information content (AvgIpc) is 3.21. The van der Waals surface area contributed by atoms with Gasteiger partial charge in [-0.15, -0.1) is 0 Å². The third-order valence-electron chi connectivity index (χ3n) is 6.13. The number of rotatable bonds is 1. The largest absolute Gasteiger partial charge is 0.444 e. The summed E-state index contributed by atoms with van der Waals surface area (Å²) in [5.41, 5.74) is 2.80. The molecule has 4 rings (SSSR count). The number of carbonyl (C=O) groups excluding carboxylic acids is 2. The highest BCUT2D eigenvalue weighted by Crippen LogP contribution is 2.39. The first kappa shape index (κ1) is 22.2. The molecule has 1 atom stereocenters. The number of nitrogens with zero attached hydrogens (tertiary/aromatic N) is 3. The van der Waals surface area contributed by atoms with Crippen LogP contribution in [0.1, 0.15) is 56.3 Å². The predicted octanol–water partition coefficient (Wildman–Crippen LogP) is 4.22. The molecular formula is C23H32ClN3O4. The summed E-state index contributed by atoms with van der Waals surface area (Å²) in [7, 11) is 0. The van der Waals surface area contributed by atoms with Gasteiger partial charge in [-0.25, -0.2) is 9.59 Å². The van der Waals surface area contributed by atoms with Crippen LogP contribution in [0.3, 0.4) is 0 Å². The lowest BCUT2D eigenvalue weighted by atomic mass is 9.90. The second kappa shape index (κ2) is 8.87. The van der Waals surface area contributed by atoms with Gasteiger partial charge in [0.1, 0.15) is 5.60 Å². The van der Waals surface area contributed by atoms with Crippen molar-refractivity contribution in [2.24, 2.45) is 0 Å². The molecule has 0 bridgehead atoms. The molecule has 2 saturated heterocycles. The predicted molar refractivity (Wildman–Crippen MR) is 118 cm³/mol. The number of hydrogen-bond acceptors (Lipinski definition) is 4. The summed E-state index contributed by atoms with van der Waals surface area (Å²) in [5, 5.41) is 0.678. The van der Waals surface area contributed by atoms with Crippen LogP contribution in [0, 0.1) is 0 Å². The molecule has 0 unspecified atom stereocenters. The molecule has 1 aromatic carbocycles. The van der Waals surface area contributed by atoms with Crippen molar-refractivity contribution in [1.29, 1.82) is 0 Å². The van der Waals surface area contributed by atoms with E-state index in [1.54, 1.807) is 0 Å². The second-order valence-electron chi connectivity index (χ2n) is 9.52. The molecule has 0 aliphatic carbocycles. The van der Waals surface area contributed by atoms with E-state index in [9.17, 15) is 9.59 Å². The second-order valence-corrected chi connectivity index (χ2v) is 9.95. The van der Waals surface area contributed by atoms with E-state index in [0.29, 0.717) is 51.0 Å². The van der Waals surface area contributed by atoms with Crippen molar-refractivity contribution < 1.29 is 19.1 Å². The highest BCUT2D eigenvalue weighted by molar-refractivity contribution is 6.30. The van der Waals surface area contributed by atoms with Gasteiger partial charge in [-0.3, -0.25) is 0 Å². The molecule has 2 fully saturated rings. The number of carbonyl (C=O) groups is 2. The maximum Gasteiger partial charge on any atom is 0.410 e. The highest BCUT2D eigenvalue weighted by Gasteiger charge is 2.36. The zero-order chi connectivity index (χ0) is 22.2. The minimum Gasteiger partial charge on any atom is -0.444 e. The third kappa shape index (κ3) is 4.93. The fourth-order valence-electron chi connectivity index (χ4n) is 4.70. The summed E-state index contributed by atoms with van der Waals surface area (Å²) < 4.78 is 11.0. The van der Waals surface area contributed by atoms with E-state index in [1.165, 1.54) is 5.56 Å². The number of morpholine rings is 1. The number of urea groups is 1. The lowest BCUT2D eigenvalue weighted by Gasteiger charge is -2.37. The number of likely N-dealkylation sites (tertiary alicyclic amines) is 1. The quantitative estimate of drug-likeness (QED) is 0.643. The maximum atomic E-state index is 13.1. The van der Waals surface area contributed by atoms with Gasteiger partial charge in [0.2, 0.25) is 0 Å².